The summed E-state index contributed by atoms with van der Waals surface area (Å²) in [5.74, 6) is 7.67. The highest BCUT2D eigenvalue weighted by molar-refractivity contribution is 8.27. The van der Waals surface area contributed by atoms with Gasteiger partial charge in [0.1, 0.15) is 24.3 Å². The molecule has 6 nitrogen and oxygen atoms in total. The van der Waals surface area contributed by atoms with E-state index in [4.69, 9.17) is 19.4 Å². The third-order valence-corrected chi connectivity index (χ3v) is 5.13. The molecular formula is C13H25NO5S2. The summed E-state index contributed by atoms with van der Waals surface area (Å²) in [6, 6.07) is -0.398. The smallest absolute Gasteiger partial charge is 0.302 e. The zero-order valence-corrected chi connectivity index (χ0v) is 14.3. The van der Waals surface area contributed by atoms with Crippen LogP contribution in [0.1, 0.15) is 13.3 Å². The Labute approximate surface area is 131 Å². The lowest BCUT2D eigenvalue weighted by Gasteiger charge is -2.30. The van der Waals surface area contributed by atoms with Crippen LogP contribution < -0.4 is 5.73 Å². The second-order valence-corrected chi connectivity index (χ2v) is 9.08. The average molecular weight is 339 g/mol. The van der Waals surface area contributed by atoms with Crippen molar-refractivity contribution in [2.75, 3.05) is 19.1 Å². The molecule has 1 rings (SSSR count). The Kier molecular flexibility index (Phi) is 7.02. The molecule has 5 atom stereocenters. The normalized spacial score (nSPS) is 34.2. The van der Waals surface area contributed by atoms with Crippen molar-refractivity contribution in [3.63, 3.8) is 0 Å². The molecule has 0 saturated carbocycles. The van der Waals surface area contributed by atoms with Crippen LogP contribution in [0.4, 0.5) is 0 Å². The van der Waals surface area contributed by atoms with Gasteiger partial charge in [-0.15, -0.1) is 0 Å². The minimum atomic E-state index is -1.59. The van der Waals surface area contributed by atoms with Crippen molar-refractivity contribution in [3.05, 3.63) is 0 Å². The van der Waals surface area contributed by atoms with Gasteiger partial charge in [-0.05, 0) is 24.7 Å². The Bertz CT molecular complexity index is 453. The van der Waals surface area contributed by atoms with Gasteiger partial charge in [0.25, 0.3) is 0 Å². The van der Waals surface area contributed by atoms with E-state index in [1.807, 2.05) is 6.26 Å². The van der Waals surface area contributed by atoms with Gasteiger partial charge in [0.2, 0.25) is 0 Å². The maximum atomic E-state index is 11.0. The lowest BCUT2D eigenvalue weighted by atomic mass is 10.0. The Hall–Kier alpha value is -0.250. The molecule has 0 radical (unpaired) electrons. The Balaban J connectivity index is 3.01. The molecular weight excluding hydrogens is 314 g/mol. The van der Waals surface area contributed by atoms with Gasteiger partial charge in [0, 0.05) is 19.2 Å². The van der Waals surface area contributed by atoms with Crippen LogP contribution in [0.15, 0.2) is 0 Å². The SMILES string of the molecule is C=S(=C)(C)C1OC(COC(C)=O)C(OSC)C(O)CC1N. The quantitative estimate of drug-likeness (QED) is 0.423. The van der Waals surface area contributed by atoms with Crippen LogP contribution in [0.25, 0.3) is 0 Å². The first-order chi connectivity index (χ1) is 9.66. The van der Waals surface area contributed by atoms with Gasteiger partial charge in [-0.1, -0.05) is 11.7 Å². The number of ether oxygens (including phenoxy) is 2. The molecule has 1 fully saturated rings. The van der Waals surface area contributed by atoms with E-state index in [2.05, 4.69) is 11.7 Å². The van der Waals surface area contributed by atoms with Crippen molar-refractivity contribution in [1.82, 2.24) is 0 Å². The molecule has 0 spiro atoms. The molecule has 1 aliphatic heterocycles. The second kappa shape index (κ2) is 7.85. The van der Waals surface area contributed by atoms with Gasteiger partial charge in [0.05, 0.1) is 6.10 Å². The summed E-state index contributed by atoms with van der Waals surface area (Å²) in [6.45, 7) is 1.31. The molecule has 1 saturated heterocycles. The van der Waals surface area contributed by atoms with Crippen molar-refractivity contribution in [2.24, 2.45) is 5.73 Å². The Morgan fingerprint density at radius 1 is 1.57 bits per heavy atom. The lowest BCUT2D eigenvalue weighted by molar-refractivity contribution is -0.150. The molecule has 124 valence electrons. The highest BCUT2D eigenvalue weighted by Gasteiger charge is 2.40. The van der Waals surface area contributed by atoms with E-state index in [-0.39, 0.29) is 6.61 Å². The summed E-state index contributed by atoms with van der Waals surface area (Å²) < 4.78 is 16.5. The number of esters is 1. The largest absolute Gasteiger partial charge is 0.463 e. The number of carbonyl (C=O) groups is 1. The molecule has 0 amide bonds. The monoisotopic (exact) mass is 339 g/mol. The number of hydrogen-bond acceptors (Lipinski definition) is 7. The Morgan fingerprint density at radius 2 is 2.19 bits per heavy atom. The lowest BCUT2D eigenvalue weighted by Crippen LogP contribution is -2.42. The van der Waals surface area contributed by atoms with E-state index in [0.29, 0.717) is 6.42 Å². The van der Waals surface area contributed by atoms with Gasteiger partial charge in [-0.2, -0.15) is 9.21 Å². The fourth-order valence-electron chi connectivity index (χ4n) is 2.25. The molecule has 0 bridgehead atoms. The van der Waals surface area contributed by atoms with E-state index < -0.39 is 45.0 Å². The maximum Gasteiger partial charge on any atom is 0.302 e. The number of aliphatic hydroxyl groups is 1. The van der Waals surface area contributed by atoms with E-state index in [1.54, 1.807) is 6.26 Å². The zero-order chi connectivity index (χ0) is 16.2. The number of hydrogen-bond donors (Lipinski definition) is 2. The summed E-state index contributed by atoms with van der Waals surface area (Å²) in [5.41, 5.74) is 5.72. The molecule has 0 aromatic carbocycles. The molecule has 1 heterocycles. The summed E-state index contributed by atoms with van der Waals surface area (Å²) in [7, 11) is -1.59. The molecule has 21 heavy (non-hydrogen) atoms. The number of carbonyl (C=O) groups excluding carboxylic acids is 1. The average Bonchev–Trinajstić information content (AvgIpc) is 2.45. The first-order valence-corrected chi connectivity index (χ1v) is 10.1. The highest BCUT2D eigenvalue weighted by Crippen LogP contribution is 2.33. The van der Waals surface area contributed by atoms with Crippen LogP contribution in [0, 0.1) is 0 Å². The summed E-state index contributed by atoms with van der Waals surface area (Å²) in [6.07, 6.45) is 1.92. The molecule has 0 aromatic heterocycles. The van der Waals surface area contributed by atoms with Crippen LogP contribution in [0.3, 0.4) is 0 Å². The van der Waals surface area contributed by atoms with Crippen LogP contribution in [0.2, 0.25) is 0 Å². The minimum Gasteiger partial charge on any atom is -0.463 e. The number of rotatable bonds is 5. The molecule has 0 aliphatic carbocycles. The fourth-order valence-corrected chi connectivity index (χ4v) is 4.09. The van der Waals surface area contributed by atoms with Crippen molar-refractivity contribution in [3.8, 4) is 0 Å². The van der Waals surface area contributed by atoms with E-state index in [0.717, 1.165) is 12.0 Å². The van der Waals surface area contributed by atoms with Crippen molar-refractivity contribution in [2.45, 2.75) is 43.1 Å². The van der Waals surface area contributed by atoms with E-state index in [1.165, 1.54) is 6.92 Å². The molecule has 5 unspecified atom stereocenters. The van der Waals surface area contributed by atoms with Crippen LogP contribution in [-0.2, 0) is 18.5 Å². The van der Waals surface area contributed by atoms with Crippen LogP contribution in [-0.4, -0.2) is 71.7 Å². The Morgan fingerprint density at radius 3 is 2.67 bits per heavy atom. The molecule has 3 N–H and O–H groups in total. The molecule has 0 aromatic rings. The fraction of sp³-hybridized carbons (Fsp3) is 0.769. The minimum absolute atomic E-state index is 0.00361. The summed E-state index contributed by atoms with van der Waals surface area (Å²) >= 11 is 1.12. The maximum absolute atomic E-state index is 11.0. The van der Waals surface area contributed by atoms with Gasteiger partial charge >= 0.3 is 5.97 Å². The first kappa shape index (κ1) is 18.8. The summed E-state index contributed by atoms with van der Waals surface area (Å²) in [4.78, 5) is 11.0. The zero-order valence-electron chi connectivity index (χ0n) is 12.7. The predicted octanol–water partition coefficient (Wildman–Crippen LogP) is 0.314. The predicted molar refractivity (Wildman–Crippen MR) is 90.0 cm³/mol. The van der Waals surface area contributed by atoms with Crippen molar-refractivity contribution >= 4 is 39.0 Å². The van der Waals surface area contributed by atoms with Crippen LogP contribution in [0.5, 0.6) is 0 Å². The van der Waals surface area contributed by atoms with Crippen molar-refractivity contribution in [1.29, 1.82) is 0 Å². The van der Waals surface area contributed by atoms with Gasteiger partial charge in [-0.25, -0.2) is 0 Å². The van der Waals surface area contributed by atoms with Gasteiger partial charge < -0.3 is 24.5 Å². The van der Waals surface area contributed by atoms with E-state index in [9.17, 15) is 9.90 Å². The standard InChI is InChI=1S/C13H25NO5S2/c1-8(15)17-7-11-12(19-20-2)10(16)6-9(14)13(18-11)21(3,4)5/h9-13,16H,3-4,6-7,14H2,1-2,5H3. The number of aliphatic hydroxyl groups excluding tert-OH is 1. The van der Waals surface area contributed by atoms with Crippen molar-refractivity contribution < 1.29 is 23.6 Å². The van der Waals surface area contributed by atoms with Gasteiger partial charge in [0.15, 0.2) is 0 Å². The highest BCUT2D eigenvalue weighted by atomic mass is 32.2. The first-order valence-electron chi connectivity index (χ1n) is 6.52. The van der Waals surface area contributed by atoms with Gasteiger partial charge in [-0.3, -0.25) is 4.79 Å². The topological polar surface area (TPSA) is 91.0 Å². The second-order valence-electron chi connectivity index (χ2n) is 5.39. The molecule has 8 heteroatoms. The van der Waals surface area contributed by atoms with Crippen LogP contribution >= 0.6 is 21.2 Å². The molecule has 1 aliphatic rings. The number of nitrogens with two attached hydrogens (primary N) is 1. The summed E-state index contributed by atoms with van der Waals surface area (Å²) in [5, 5.41) is 10.3. The third-order valence-electron chi connectivity index (χ3n) is 3.14. The third kappa shape index (κ3) is 5.46. The van der Waals surface area contributed by atoms with E-state index >= 15 is 0 Å².